The summed E-state index contributed by atoms with van der Waals surface area (Å²) in [7, 11) is 0. The number of halogens is 2. The van der Waals surface area contributed by atoms with Gasteiger partial charge in [0.25, 0.3) is 11.1 Å². The highest BCUT2D eigenvalue weighted by molar-refractivity contribution is 6.31. The molecule has 0 atom stereocenters. The van der Waals surface area contributed by atoms with Crippen molar-refractivity contribution in [2.45, 2.75) is 13.5 Å². The number of nitrogens with one attached hydrogen (secondary N) is 1. The van der Waals surface area contributed by atoms with Crippen LogP contribution in [0.4, 0.5) is 4.39 Å². The number of benzene rings is 2. The maximum absolute atomic E-state index is 13.5. The van der Waals surface area contributed by atoms with E-state index >= 15 is 0 Å². The van der Waals surface area contributed by atoms with Crippen LogP contribution in [0.2, 0.25) is 5.02 Å². The number of aromatic amines is 1. The first kappa shape index (κ1) is 17.3. The largest absolute Gasteiger partial charge is 0.308 e. The average Bonchev–Trinajstić information content (AvgIpc) is 2.96. The summed E-state index contributed by atoms with van der Waals surface area (Å²) in [5.74, 6) is -0.451. The van der Waals surface area contributed by atoms with E-state index < -0.39 is 5.82 Å². The van der Waals surface area contributed by atoms with Gasteiger partial charge in [-0.1, -0.05) is 35.9 Å². The molecule has 0 aliphatic rings. The molecule has 2 aromatic heterocycles. The van der Waals surface area contributed by atoms with Crippen molar-refractivity contribution in [2.75, 3.05) is 0 Å². The molecule has 0 radical (unpaired) electrons. The fourth-order valence-corrected chi connectivity index (χ4v) is 3.40. The smallest absolute Gasteiger partial charge is 0.280 e. The Kier molecular flexibility index (Phi) is 4.20. The van der Waals surface area contributed by atoms with Gasteiger partial charge in [0.05, 0.1) is 23.1 Å². The van der Waals surface area contributed by atoms with Crippen LogP contribution in [-0.2, 0) is 6.54 Å². The first-order valence-corrected chi connectivity index (χ1v) is 8.68. The normalized spacial score (nSPS) is 11.2. The summed E-state index contributed by atoms with van der Waals surface area (Å²) in [5.41, 5.74) is 1.47. The van der Waals surface area contributed by atoms with Crippen molar-refractivity contribution in [3.63, 3.8) is 0 Å². The van der Waals surface area contributed by atoms with E-state index in [4.69, 9.17) is 11.6 Å². The molecule has 4 rings (SSSR count). The minimum absolute atomic E-state index is 0.255. The summed E-state index contributed by atoms with van der Waals surface area (Å²) in [4.78, 5) is 25.5. The Morgan fingerprint density at radius 3 is 2.59 bits per heavy atom. The second-order valence-electron chi connectivity index (χ2n) is 6.27. The monoisotopic (exact) mass is 383 g/mol. The molecule has 1 N–H and O–H groups in total. The van der Waals surface area contributed by atoms with Gasteiger partial charge in [0.1, 0.15) is 5.82 Å². The molecule has 136 valence electrons. The molecule has 2 aromatic carbocycles. The summed E-state index contributed by atoms with van der Waals surface area (Å²) in [6, 6.07) is 14.3. The van der Waals surface area contributed by atoms with E-state index in [2.05, 4.69) is 5.10 Å². The minimum Gasteiger partial charge on any atom is -0.308 e. The number of rotatable bonds is 3. The number of nitrogens with zero attached hydrogens (tertiary/aromatic N) is 2. The Labute approximate surface area is 158 Å². The fourth-order valence-electron chi connectivity index (χ4n) is 3.20. The predicted octanol–water partition coefficient (Wildman–Crippen LogP) is 3.63. The molecule has 4 aromatic rings. The topological polar surface area (TPSA) is 59.8 Å². The van der Waals surface area contributed by atoms with Crippen LogP contribution in [0.25, 0.3) is 16.6 Å². The van der Waals surface area contributed by atoms with Crippen LogP contribution < -0.4 is 11.1 Å². The maximum Gasteiger partial charge on any atom is 0.280 e. The van der Waals surface area contributed by atoms with Gasteiger partial charge in [0.15, 0.2) is 0 Å². The molecule has 7 heteroatoms. The molecule has 27 heavy (non-hydrogen) atoms. The summed E-state index contributed by atoms with van der Waals surface area (Å²) in [6.45, 7) is 1.97. The summed E-state index contributed by atoms with van der Waals surface area (Å²) in [5, 5.41) is 3.82. The number of hydrogen-bond acceptors (Lipinski definition) is 2. The number of pyridine rings is 1. The number of fused-ring (bicyclic) bond motifs is 1. The summed E-state index contributed by atoms with van der Waals surface area (Å²) < 4.78 is 16.3. The Morgan fingerprint density at radius 1 is 1.07 bits per heavy atom. The van der Waals surface area contributed by atoms with Crippen LogP contribution in [0.3, 0.4) is 0 Å². The Bertz CT molecular complexity index is 1290. The molecule has 0 aliphatic carbocycles. The van der Waals surface area contributed by atoms with Crippen molar-refractivity contribution in [3.8, 4) is 5.69 Å². The van der Waals surface area contributed by atoms with E-state index in [1.165, 1.54) is 33.5 Å². The third-order valence-electron chi connectivity index (χ3n) is 4.57. The zero-order valence-electron chi connectivity index (χ0n) is 14.4. The number of hydrogen-bond donors (Lipinski definition) is 1. The SMILES string of the molecule is Cc1c2c(=O)n(-c3cccc(F)c3)[nH]c2cc(=O)n1Cc1ccccc1Cl. The van der Waals surface area contributed by atoms with Gasteiger partial charge in [-0.15, -0.1) is 0 Å². The van der Waals surface area contributed by atoms with Crippen molar-refractivity contribution in [1.82, 2.24) is 14.3 Å². The van der Waals surface area contributed by atoms with Crippen LogP contribution in [0.1, 0.15) is 11.3 Å². The molecule has 0 spiro atoms. The highest BCUT2D eigenvalue weighted by atomic mass is 35.5. The lowest BCUT2D eigenvalue weighted by Gasteiger charge is -2.11. The number of H-pyrrole nitrogens is 1. The van der Waals surface area contributed by atoms with E-state index in [1.807, 2.05) is 18.2 Å². The summed E-state index contributed by atoms with van der Waals surface area (Å²) >= 11 is 6.20. The van der Waals surface area contributed by atoms with E-state index in [1.54, 1.807) is 19.1 Å². The molecular formula is C20H15ClFN3O2. The molecule has 0 aliphatic heterocycles. The van der Waals surface area contributed by atoms with Crippen LogP contribution in [0.15, 0.2) is 64.2 Å². The van der Waals surface area contributed by atoms with Crippen molar-refractivity contribution in [1.29, 1.82) is 0 Å². The van der Waals surface area contributed by atoms with E-state index in [0.29, 0.717) is 27.3 Å². The Morgan fingerprint density at radius 2 is 1.85 bits per heavy atom. The number of aromatic nitrogens is 3. The van der Waals surface area contributed by atoms with Crippen molar-refractivity contribution < 1.29 is 4.39 Å². The predicted molar refractivity (Wildman–Crippen MR) is 103 cm³/mol. The Hall–Kier alpha value is -3.12. The van der Waals surface area contributed by atoms with E-state index in [9.17, 15) is 14.0 Å². The molecule has 0 fully saturated rings. The molecule has 5 nitrogen and oxygen atoms in total. The fraction of sp³-hybridized carbons (Fsp3) is 0.100. The van der Waals surface area contributed by atoms with Gasteiger partial charge in [0, 0.05) is 16.8 Å². The number of aryl methyl sites for hydroxylation is 1. The van der Waals surface area contributed by atoms with Gasteiger partial charge < -0.3 is 4.57 Å². The highest BCUT2D eigenvalue weighted by Gasteiger charge is 2.16. The quantitative estimate of drug-likeness (QED) is 0.587. The van der Waals surface area contributed by atoms with Gasteiger partial charge in [-0.3, -0.25) is 14.7 Å². The molecule has 0 saturated carbocycles. The van der Waals surface area contributed by atoms with Crippen LogP contribution in [0, 0.1) is 12.7 Å². The minimum atomic E-state index is -0.451. The second-order valence-corrected chi connectivity index (χ2v) is 6.67. The van der Waals surface area contributed by atoms with Gasteiger partial charge in [-0.05, 0) is 36.8 Å². The van der Waals surface area contributed by atoms with Gasteiger partial charge in [-0.2, -0.15) is 0 Å². The second kappa shape index (κ2) is 6.55. The van der Waals surface area contributed by atoms with Gasteiger partial charge in [0.2, 0.25) is 0 Å². The van der Waals surface area contributed by atoms with Crippen molar-refractivity contribution >= 4 is 22.5 Å². The lowest BCUT2D eigenvalue weighted by Crippen LogP contribution is -2.24. The molecular weight excluding hydrogens is 369 g/mol. The van der Waals surface area contributed by atoms with Crippen LogP contribution in [-0.4, -0.2) is 14.3 Å². The first-order chi connectivity index (χ1) is 13.0. The molecule has 0 bridgehead atoms. The summed E-state index contributed by atoms with van der Waals surface area (Å²) in [6.07, 6.45) is 0. The van der Waals surface area contributed by atoms with Crippen molar-refractivity contribution in [3.05, 3.63) is 97.4 Å². The highest BCUT2D eigenvalue weighted by Crippen LogP contribution is 2.19. The standard InChI is InChI=1S/C20H15ClFN3O2/c1-12-19-17(23-25(20(19)27)15-7-4-6-14(22)9-15)10-18(26)24(12)11-13-5-2-3-8-16(13)21/h2-10,23H,11H2,1H3. The van der Waals surface area contributed by atoms with E-state index in [0.717, 1.165) is 5.56 Å². The van der Waals surface area contributed by atoms with Crippen LogP contribution >= 0.6 is 11.6 Å². The van der Waals surface area contributed by atoms with Gasteiger partial charge >= 0.3 is 0 Å². The molecule has 0 amide bonds. The molecule has 2 heterocycles. The van der Waals surface area contributed by atoms with E-state index in [-0.39, 0.29) is 17.7 Å². The zero-order valence-corrected chi connectivity index (χ0v) is 15.1. The zero-order chi connectivity index (χ0) is 19.1. The third-order valence-corrected chi connectivity index (χ3v) is 4.94. The average molecular weight is 384 g/mol. The third kappa shape index (κ3) is 2.98. The van der Waals surface area contributed by atoms with Crippen molar-refractivity contribution in [2.24, 2.45) is 0 Å². The molecule has 0 saturated heterocycles. The molecule has 0 unspecified atom stereocenters. The lowest BCUT2D eigenvalue weighted by atomic mass is 10.2. The van der Waals surface area contributed by atoms with Gasteiger partial charge in [-0.25, -0.2) is 9.07 Å². The maximum atomic E-state index is 13.5. The lowest BCUT2D eigenvalue weighted by molar-refractivity contribution is 0.625. The van der Waals surface area contributed by atoms with Crippen LogP contribution in [0.5, 0.6) is 0 Å². The Balaban J connectivity index is 1.92. The first-order valence-electron chi connectivity index (χ1n) is 8.30.